The fraction of sp³-hybridized carbons (Fsp3) is 0.333. The number of hydrogen-bond donors (Lipinski definition) is 0. The van der Waals surface area contributed by atoms with E-state index in [9.17, 15) is 4.79 Å². The highest BCUT2D eigenvalue weighted by Gasteiger charge is 2.51. The van der Waals surface area contributed by atoms with Gasteiger partial charge in [0, 0.05) is 42.9 Å². The number of carbonyl (C=O) groups is 1. The molecule has 1 unspecified atom stereocenters. The van der Waals surface area contributed by atoms with Gasteiger partial charge in [0.1, 0.15) is 23.4 Å². The summed E-state index contributed by atoms with van der Waals surface area (Å²) in [5.41, 5.74) is 3.59. The van der Waals surface area contributed by atoms with E-state index >= 15 is 0 Å². The van der Waals surface area contributed by atoms with Crippen molar-refractivity contribution >= 4 is 11.9 Å². The predicted molar refractivity (Wildman–Crippen MR) is 144 cm³/mol. The molecular formula is C30H30N4O5. The summed E-state index contributed by atoms with van der Waals surface area (Å²) in [6, 6.07) is 17.3. The average Bonchev–Trinajstić information content (AvgIpc) is 3.64. The number of fused-ring (bicyclic) bond motifs is 1. The van der Waals surface area contributed by atoms with Crippen molar-refractivity contribution in [3.05, 3.63) is 83.5 Å². The van der Waals surface area contributed by atoms with Gasteiger partial charge in [0.25, 0.3) is 0 Å². The maximum absolute atomic E-state index is 12.6. The van der Waals surface area contributed by atoms with Crippen molar-refractivity contribution in [3.63, 3.8) is 0 Å². The van der Waals surface area contributed by atoms with Gasteiger partial charge in [-0.05, 0) is 55.8 Å². The minimum Gasteiger partial charge on any atom is -0.497 e. The van der Waals surface area contributed by atoms with Gasteiger partial charge >= 0.3 is 5.97 Å². The molecule has 2 aliphatic rings. The van der Waals surface area contributed by atoms with Crippen LogP contribution in [0.15, 0.2) is 65.2 Å². The summed E-state index contributed by atoms with van der Waals surface area (Å²) in [5.74, 6) is 3.22. The lowest BCUT2D eigenvalue weighted by molar-refractivity contribution is -0.144. The summed E-state index contributed by atoms with van der Waals surface area (Å²) in [7, 11) is 1.64. The molecule has 2 aliphatic heterocycles. The molecule has 6 rings (SSSR count). The smallest absolute Gasteiger partial charge is 0.311 e. The molecule has 0 bridgehead atoms. The molecule has 0 saturated carbocycles. The minimum absolute atomic E-state index is 0.0577. The molecule has 0 N–H and O–H groups in total. The first-order chi connectivity index (χ1) is 19.0. The van der Waals surface area contributed by atoms with Crippen LogP contribution < -0.4 is 14.4 Å². The predicted octanol–water partition coefficient (Wildman–Crippen LogP) is 4.73. The summed E-state index contributed by atoms with van der Waals surface area (Å²) in [6.07, 6.45) is 2.07. The molecule has 0 radical (unpaired) electrons. The van der Waals surface area contributed by atoms with Crippen molar-refractivity contribution in [2.24, 2.45) is 11.8 Å². The van der Waals surface area contributed by atoms with Crippen LogP contribution in [-0.4, -0.2) is 47.7 Å². The first kappa shape index (κ1) is 24.9. The van der Waals surface area contributed by atoms with E-state index in [4.69, 9.17) is 18.6 Å². The van der Waals surface area contributed by atoms with Crippen LogP contribution in [0, 0.1) is 25.7 Å². The molecule has 2 aromatic heterocycles. The van der Waals surface area contributed by atoms with E-state index in [-0.39, 0.29) is 23.9 Å². The lowest BCUT2D eigenvalue weighted by atomic mass is 9.90. The maximum atomic E-state index is 12.6. The number of esters is 1. The Hall–Kier alpha value is -4.40. The molecule has 4 aromatic rings. The molecule has 3 atom stereocenters. The normalized spacial score (nSPS) is 20.1. The Morgan fingerprint density at radius 1 is 1.03 bits per heavy atom. The van der Waals surface area contributed by atoms with Crippen LogP contribution in [0.2, 0.25) is 0 Å². The summed E-state index contributed by atoms with van der Waals surface area (Å²) >= 11 is 0. The van der Waals surface area contributed by atoms with Crippen LogP contribution in [0.5, 0.6) is 11.5 Å². The van der Waals surface area contributed by atoms with E-state index in [0.29, 0.717) is 38.0 Å². The van der Waals surface area contributed by atoms with E-state index in [1.807, 2.05) is 68.4 Å². The van der Waals surface area contributed by atoms with Gasteiger partial charge in [-0.25, -0.2) is 15.0 Å². The van der Waals surface area contributed by atoms with Crippen LogP contribution in [0.1, 0.15) is 28.8 Å². The Morgan fingerprint density at radius 3 is 2.67 bits per heavy atom. The van der Waals surface area contributed by atoms with E-state index in [2.05, 4.69) is 19.9 Å². The Kier molecular flexibility index (Phi) is 6.64. The number of hydrogen-bond acceptors (Lipinski definition) is 9. The van der Waals surface area contributed by atoms with Crippen LogP contribution in [0.4, 0.5) is 5.95 Å². The second-order valence-electron chi connectivity index (χ2n) is 9.95. The fourth-order valence-corrected chi connectivity index (χ4v) is 5.31. The molecule has 2 fully saturated rings. The van der Waals surface area contributed by atoms with Gasteiger partial charge in [-0.15, -0.1) is 0 Å². The zero-order valence-electron chi connectivity index (χ0n) is 22.2. The molecule has 200 valence electrons. The van der Waals surface area contributed by atoms with Gasteiger partial charge in [0.05, 0.1) is 25.3 Å². The molecule has 0 amide bonds. The Balaban J connectivity index is 1.07. The van der Waals surface area contributed by atoms with E-state index in [1.54, 1.807) is 13.3 Å². The number of aromatic nitrogens is 3. The van der Waals surface area contributed by atoms with Gasteiger partial charge in [0.2, 0.25) is 11.8 Å². The molecule has 2 aromatic carbocycles. The third-order valence-corrected chi connectivity index (χ3v) is 7.39. The van der Waals surface area contributed by atoms with Crippen LogP contribution in [-0.2, 0) is 16.0 Å². The quantitative estimate of drug-likeness (QED) is 0.302. The van der Waals surface area contributed by atoms with Gasteiger partial charge in [-0.1, -0.05) is 18.2 Å². The SMILES string of the molecule is COc1cccc(-c2nc(CCOc3ccc(C4OC(=O)[C@H]5CN(c6nccc(C)n6)C[C@@H]45)cc3)c(C)o2)c1. The zero-order chi connectivity index (χ0) is 26.9. The number of anilines is 1. The number of rotatable bonds is 8. The van der Waals surface area contributed by atoms with E-state index in [1.165, 1.54) is 0 Å². The van der Waals surface area contributed by atoms with Gasteiger partial charge in [0.15, 0.2) is 0 Å². The monoisotopic (exact) mass is 526 g/mol. The molecule has 2 saturated heterocycles. The number of carbonyl (C=O) groups excluding carboxylic acids is 1. The highest BCUT2D eigenvalue weighted by atomic mass is 16.6. The number of methoxy groups -OCH3 is 1. The summed E-state index contributed by atoms with van der Waals surface area (Å²) in [4.78, 5) is 28.3. The first-order valence-corrected chi connectivity index (χ1v) is 13.1. The Labute approximate surface area is 226 Å². The molecule has 9 nitrogen and oxygen atoms in total. The van der Waals surface area contributed by atoms with Crippen molar-refractivity contribution in [1.82, 2.24) is 15.0 Å². The van der Waals surface area contributed by atoms with Crippen molar-refractivity contribution in [2.45, 2.75) is 26.4 Å². The fourth-order valence-electron chi connectivity index (χ4n) is 5.31. The van der Waals surface area contributed by atoms with Crippen molar-refractivity contribution in [1.29, 1.82) is 0 Å². The lowest BCUT2D eigenvalue weighted by Gasteiger charge is -2.21. The number of nitrogens with zero attached hydrogens (tertiary/aromatic N) is 4. The second kappa shape index (κ2) is 10.4. The molecule has 0 aliphatic carbocycles. The summed E-state index contributed by atoms with van der Waals surface area (Å²) in [5, 5.41) is 0. The van der Waals surface area contributed by atoms with E-state index in [0.717, 1.165) is 39.8 Å². The largest absolute Gasteiger partial charge is 0.497 e. The number of aryl methyl sites for hydroxylation is 2. The van der Waals surface area contributed by atoms with Crippen LogP contribution in [0.3, 0.4) is 0 Å². The molecule has 9 heteroatoms. The van der Waals surface area contributed by atoms with Gasteiger partial charge in [-0.3, -0.25) is 4.79 Å². The minimum atomic E-state index is -0.292. The van der Waals surface area contributed by atoms with Crippen molar-refractivity contribution in [2.75, 3.05) is 31.7 Å². The Bertz CT molecular complexity index is 1480. The number of oxazole rings is 1. The lowest BCUT2D eigenvalue weighted by Crippen LogP contribution is -2.26. The first-order valence-electron chi connectivity index (χ1n) is 13.1. The highest BCUT2D eigenvalue weighted by Crippen LogP contribution is 2.44. The van der Waals surface area contributed by atoms with Gasteiger partial charge in [-0.2, -0.15) is 0 Å². The standard InChI is InChI=1S/C30H30N4O5/c1-18-11-13-31-30(32-18)34-16-24-25(17-34)29(35)39-27(24)20-7-9-22(10-8-20)37-14-12-26-19(2)38-28(33-26)21-5-4-6-23(15-21)36-3/h4-11,13,15,24-25,27H,12,14,16-17H2,1-3H3/t24-,25+,27?/m1/s1. The maximum Gasteiger partial charge on any atom is 0.311 e. The number of ether oxygens (including phenoxy) is 3. The van der Waals surface area contributed by atoms with Gasteiger partial charge < -0.3 is 23.5 Å². The topological polar surface area (TPSA) is 99.8 Å². The average molecular weight is 527 g/mol. The highest BCUT2D eigenvalue weighted by molar-refractivity contribution is 5.77. The van der Waals surface area contributed by atoms with Crippen molar-refractivity contribution < 1.29 is 23.4 Å². The summed E-state index contributed by atoms with van der Waals surface area (Å²) < 4.78 is 23.0. The third kappa shape index (κ3) is 5.04. The number of benzene rings is 2. The third-order valence-electron chi connectivity index (χ3n) is 7.39. The molecule has 39 heavy (non-hydrogen) atoms. The van der Waals surface area contributed by atoms with Crippen molar-refractivity contribution in [3.8, 4) is 23.0 Å². The Morgan fingerprint density at radius 2 is 1.87 bits per heavy atom. The molecule has 0 spiro atoms. The van der Waals surface area contributed by atoms with Crippen LogP contribution >= 0.6 is 0 Å². The second-order valence-corrected chi connectivity index (χ2v) is 9.95. The number of cyclic esters (lactones) is 1. The van der Waals surface area contributed by atoms with Crippen LogP contribution in [0.25, 0.3) is 11.5 Å². The molecular weight excluding hydrogens is 496 g/mol. The molecule has 4 heterocycles. The zero-order valence-corrected chi connectivity index (χ0v) is 22.2. The van der Waals surface area contributed by atoms with E-state index < -0.39 is 0 Å². The summed E-state index contributed by atoms with van der Waals surface area (Å²) in [6.45, 7) is 5.56.